The number of para-hydroxylation sites is 1. The van der Waals surface area contributed by atoms with Gasteiger partial charge in [0.05, 0.1) is 13.7 Å². The molecular formula is C13H17F4NO2. The SMILES string of the molecule is COc1ccccc1CC(N)COCC(F)(F)C(F)F. The quantitative estimate of drug-likeness (QED) is 0.749. The summed E-state index contributed by atoms with van der Waals surface area (Å²) in [6.07, 6.45) is -3.41. The molecule has 1 atom stereocenters. The van der Waals surface area contributed by atoms with Gasteiger partial charge in [-0.25, -0.2) is 8.78 Å². The zero-order chi connectivity index (χ0) is 15.2. The fraction of sp³-hybridized carbons (Fsp3) is 0.538. The van der Waals surface area contributed by atoms with Crippen molar-refractivity contribution in [3.05, 3.63) is 29.8 Å². The molecule has 0 heterocycles. The van der Waals surface area contributed by atoms with Crippen molar-refractivity contribution in [1.82, 2.24) is 0 Å². The number of rotatable bonds is 8. The van der Waals surface area contributed by atoms with E-state index in [1.807, 2.05) is 0 Å². The Morgan fingerprint density at radius 1 is 1.25 bits per heavy atom. The Labute approximate surface area is 114 Å². The van der Waals surface area contributed by atoms with E-state index in [0.717, 1.165) is 5.56 Å². The summed E-state index contributed by atoms with van der Waals surface area (Å²) in [5, 5.41) is 0. The van der Waals surface area contributed by atoms with Crippen LogP contribution in [0.4, 0.5) is 17.6 Å². The molecule has 0 saturated heterocycles. The first-order valence-corrected chi connectivity index (χ1v) is 5.98. The second kappa shape index (κ2) is 7.44. The van der Waals surface area contributed by atoms with E-state index in [4.69, 9.17) is 10.5 Å². The fourth-order valence-electron chi connectivity index (χ4n) is 1.62. The molecule has 0 aliphatic rings. The van der Waals surface area contributed by atoms with Crippen molar-refractivity contribution in [3.63, 3.8) is 0 Å². The lowest BCUT2D eigenvalue weighted by atomic mass is 10.1. The third-order valence-electron chi connectivity index (χ3n) is 2.62. The maximum Gasteiger partial charge on any atom is 0.330 e. The summed E-state index contributed by atoms with van der Waals surface area (Å²) in [6.45, 7) is -1.58. The van der Waals surface area contributed by atoms with Gasteiger partial charge in [0.1, 0.15) is 12.4 Å². The number of ether oxygens (including phenoxy) is 2. The zero-order valence-corrected chi connectivity index (χ0v) is 11.0. The van der Waals surface area contributed by atoms with Crippen molar-refractivity contribution in [2.45, 2.75) is 24.8 Å². The van der Waals surface area contributed by atoms with E-state index < -0.39 is 25.0 Å². The molecule has 0 aliphatic heterocycles. The minimum absolute atomic E-state index is 0.236. The van der Waals surface area contributed by atoms with Gasteiger partial charge in [0, 0.05) is 6.04 Å². The lowest BCUT2D eigenvalue weighted by molar-refractivity contribution is -0.166. The number of hydrogen-bond donors (Lipinski definition) is 1. The van der Waals surface area contributed by atoms with Crippen LogP contribution in [0.1, 0.15) is 5.56 Å². The van der Waals surface area contributed by atoms with Crippen LogP contribution in [0, 0.1) is 0 Å². The lowest BCUT2D eigenvalue weighted by Gasteiger charge is -2.18. The Kier molecular flexibility index (Phi) is 6.22. The molecule has 0 spiro atoms. The molecule has 0 radical (unpaired) electrons. The number of halogens is 4. The summed E-state index contributed by atoms with van der Waals surface area (Å²) in [5.74, 6) is -3.52. The number of methoxy groups -OCH3 is 1. The van der Waals surface area contributed by atoms with Crippen LogP contribution in [0.25, 0.3) is 0 Å². The molecule has 0 aliphatic carbocycles. The van der Waals surface area contributed by atoms with Crippen molar-refractivity contribution in [1.29, 1.82) is 0 Å². The predicted molar refractivity (Wildman–Crippen MR) is 66.4 cm³/mol. The molecule has 0 bridgehead atoms. The fourth-order valence-corrected chi connectivity index (χ4v) is 1.62. The molecule has 0 aromatic heterocycles. The molecule has 20 heavy (non-hydrogen) atoms. The highest BCUT2D eigenvalue weighted by atomic mass is 19.3. The molecule has 7 heteroatoms. The van der Waals surface area contributed by atoms with E-state index in [0.29, 0.717) is 12.2 Å². The van der Waals surface area contributed by atoms with Crippen molar-refractivity contribution in [2.24, 2.45) is 5.73 Å². The van der Waals surface area contributed by atoms with Crippen LogP contribution >= 0.6 is 0 Å². The van der Waals surface area contributed by atoms with Gasteiger partial charge >= 0.3 is 12.3 Å². The lowest BCUT2D eigenvalue weighted by Crippen LogP contribution is -2.36. The monoisotopic (exact) mass is 295 g/mol. The summed E-state index contributed by atoms with van der Waals surface area (Å²) in [7, 11) is 1.50. The topological polar surface area (TPSA) is 44.5 Å². The molecule has 1 unspecified atom stereocenters. The number of benzene rings is 1. The maximum absolute atomic E-state index is 12.6. The summed E-state index contributed by atoms with van der Waals surface area (Å²) in [6, 6.07) is 6.52. The first kappa shape index (κ1) is 16.7. The third kappa shape index (κ3) is 4.97. The van der Waals surface area contributed by atoms with Crippen molar-refractivity contribution in [3.8, 4) is 5.75 Å². The van der Waals surface area contributed by atoms with Crippen LogP contribution in [0.5, 0.6) is 5.75 Å². The Morgan fingerprint density at radius 3 is 2.50 bits per heavy atom. The average molecular weight is 295 g/mol. The summed E-state index contributed by atoms with van der Waals surface area (Å²) >= 11 is 0. The molecular weight excluding hydrogens is 278 g/mol. The van der Waals surface area contributed by atoms with E-state index in [1.54, 1.807) is 24.3 Å². The highest BCUT2D eigenvalue weighted by molar-refractivity contribution is 5.33. The Hall–Kier alpha value is -1.34. The molecule has 3 nitrogen and oxygen atoms in total. The second-order valence-corrected chi connectivity index (χ2v) is 4.35. The summed E-state index contributed by atoms with van der Waals surface area (Å²) < 4.78 is 58.7. The van der Waals surface area contributed by atoms with Gasteiger partial charge in [-0.15, -0.1) is 0 Å². The number of alkyl halides is 4. The standard InChI is InChI=1S/C13H17F4NO2/c1-19-11-5-3-2-4-9(11)6-10(18)7-20-8-13(16,17)12(14)15/h2-5,10,12H,6-8,18H2,1H3. The van der Waals surface area contributed by atoms with E-state index in [2.05, 4.69) is 4.74 Å². The number of nitrogens with two attached hydrogens (primary N) is 1. The van der Waals surface area contributed by atoms with Gasteiger partial charge < -0.3 is 15.2 Å². The first-order chi connectivity index (χ1) is 9.36. The van der Waals surface area contributed by atoms with E-state index in [1.165, 1.54) is 7.11 Å². The van der Waals surface area contributed by atoms with Crippen LogP contribution in [0.15, 0.2) is 24.3 Å². The predicted octanol–water partition coefficient (Wildman–Crippen LogP) is 2.48. The van der Waals surface area contributed by atoms with Gasteiger partial charge in [-0.1, -0.05) is 18.2 Å². The highest BCUT2D eigenvalue weighted by Crippen LogP contribution is 2.23. The molecule has 0 saturated carbocycles. The molecule has 1 aromatic rings. The molecule has 1 rings (SSSR count). The molecule has 114 valence electrons. The van der Waals surface area contributed by atoms with Gasteiger partial charge in [0.25, 0.3) is 0 Å². The Morgan fingerprint density at radius 2 is 1.90 bits per heavy atom. The highest BCUT2D eigenvalue weighted by Gasteiger charge is 2.41. The first-order valence-electron chi connectivity index (χ1n) is 5.98. The molecule has 1 aromatic carbocycles. The van der Waals surface area contributed by atoms with Gasteiger partial charge in [-0.2, -0.15) is 8.78 Å². The van der Waals surface area contributed by atoms with Crippen LogP contribution in [-0.2, 0) is 11.2 Å². The van der Waals surface area contributed by atoms with Crippen molar-refractivity contribution < 1.29 is 27.0 Å². The van der Waals surface area contributed by atoms with Crippen LogP contribution in [0.3, 0.4) is 0 Å². The van der Waals surface area contributed by atoms with Crippen LogP contribution in [-0.4, -0.2) is 38.7 Å². The largest absolute Gasteiger partial charge is 0.496 e. The van der Waals surface area contributed by atoms with E-state index in [9.17, 15) is 17.6 Å². The average Bonchev–Trinajstić information content (AvgIpc) is 2.39. The smallest absolute Gasteiger partial charge is 0.330 e. The van der Waals surface area contributed by atoms with Gasteiger partial charge in [0.15, 0.2) is 0 Å². The third-order valence-corrected chi connectivity index (χ3v) is 2.62. The van der Waals surface area contributed by atoms with E-state index >= 15 is 0 Å². The van der Waals surface area contributed by atoms with Crippen LogP contribution in [0.2, 0.25) is 0 Å². The zero-order valence-electron chi connectivity index (χ0n) is 11.0. The Bertz CT molecular complexity index is 415. The second-order valence-electron chi connectivity index (χ2n) is 4.35. The maximum atomic E-state index is 12.6. The van der Waals surface area contributed by atoms with Crippen LogP contribution < -0.4 is 10.5 Å². The summed E-state index contributed by atoms with van der Waals surface area (Å²) in [4.78, 5) is 0. The molecule has 0 fully saturated rings. The van der Waals surface area contributed by atoms with Gasteiger partial charge in [-0.05, 0) is 18.1 Å². The Balaban J connectivity index is 2.42. The molecule has 2 N–H and O–H groups in total. The minimum atomic E-state index is -4.15. The summed E-state index contributed by atoms with van der Waals surface area (Å²) in [5.41, 5.74) is 6.52. The van der Waals surface area contributed by atoms with E-state index in [-0.39, 0.29) is 6.61 Å². The molecule has 0 amide bonds. The minimum Gasteiger partial charge on any atom is -0.496 e. The normalized spacial score (nSPS) is 13.6. The van der Waals surface area contributed by atoms with Gasteiger partial charge in [-0.3, -0.25) is 0 Å². The van der Waals surface area contributed by atoms with Crippen molar-refractivity contribution >= 4 is 0 Å². The number of hydrogen-bond acceptors (Lipinski definition) is 3. The van der Waals surface area contributed by atoms with Crippen molar-refractivity contribution in [2.75, 3.05) is 20.3 Å². The van der Waals surface area contributed by atoms with Gasteiger partial charge in [0.2, 0.25) is 0 Å².